The number of rotatable bonds is 3. The minimum atomic E-state index is -0.0592. The highest BCUT2D eigenvalue weighted by Crippen LogP contribution is 2.35. The van der Waals surface area contributed by atoms with Crippen LogP contribution in [-0.4, -0.2) is 9.97 Å². The summed E-state index contributed by atoms with van der Waals surface area (Å²) in [6, 6.07) is 7.90. The van der Waals surface area contributed by atoms with Crippen molar-refractivity contribution < 1.29 is 0 Å². The molecule has 0 fully saturated rings. The summed E-state index contributed by atoms with van der Waals surface area (Å²) in [5.41, 5.74) is 2.24. The molecule has 2 heterocycles. The maximum atomic E-state index is 6.43. The van der Waals surface area contributed by atoms with E-state index >= 15 is 0 Å². The van der Waals surface area contributed by atoms with E-state index in [1.165, 1.54) is 5.56 Å². The molecule has 0 saturated heterocycles. The van der Waals surface area contributed by atoms with Crippen LogP contribution in [0.1, 0.15) is 29.3 Å². The average Bonchev–Trinajstić information content (AvgIpc) is 2.39. The fraction of sp³-hybridized carbons (Fsp3) is 0.231. The van der Waals surface area contributed by atoms with Crippen LogP contribution in [-0.2, 0) is 0 Å². The van der Waals surface area contributed by atoms with E-state index in [-0.39, 0.29) is 11.3 Å². The Bertz CT molecular complexity index is 387. The van der Waals surface area contributed by atoms with Crippen molar-refractivity contribution in [2.45, 2.75) is 18.2 Å². The second-order valence-electron chi connectivity index (χ2n) is 3.76. The van der Waals surface area contributed by atoms with Gasteiger partial charge in [-0.05, 0) is 29.3 Å². The van der Waals surface area contributed by atoms with Crippen molar-refractivity contribution in [1.29, 1.82) is 0 Å². The highest BCUT2D eigenvalue weighted by atomic mass is 35.5. The van der Waals surface area contributed by atoms with Gasteiger partial charge >= 0.3 is 0 Å². The van der Waals surface area contributed by atoms with Gasteiger partial charge in [-0.25, -0.2) is 0 Å². The zero-order chi connectivity index (χ0) is 11.4. The summed E-state index contributed by atoms with van der Waals surface area (Å²) >= 11 is 6.43. The topological polar surface area (TPSA) is 25.8 Å². The number of hydrogen-bond donors (Lipinski definition) is 0. The molecule has 2 unspecified atom stereocenters. The van der Waals surface area contributed by atoms with Crippen molar-refractivity contribution in [1.82, 2.24) is 9.97 Å². The van der Waals surface area contributed by atoms with Crippen LogP contribution in [0.25, 0.3) is 0 Å². The van der Waals surface area contributed by atoms with Crippen molar-refractivity contribution in [2.24, 2.45) is 0 Å². The van der Waals surface area contributed by atoms with Crippen LogP contribution in [0.3, 0.4) is 0 Å². The van der Waals surface area contributed by atoms with Crippen LogP contribution in [0.2, 0.25) is 0 Å². The summed E-state index contributed by atoms with van der Waals surface area (Å²) < 4.78 is 0. The summed E-state index contributed by atoms with van der Waals surface area (Å²) in [5.74, 6) is 0.244. The largest absolute Gasteiger partial charge is 0.265 e. The quantitative estimate of drug-likeness (QED) is 0.757. The minimum absolute atomic E-state index is 0.0592. The lowest BCUT2D eigenvalue weighted by Gasteiger charge is -2.18. The molecule has 0 radical (unpaired) electrons. The molecule has 0 aliphatic carbocycles. The SMILES string of the molecule is CC(c1ccncc1)C(Cl)c1cccnc1. The van der Waals surface area contributed by atoms with Gasteiger partial charge in [0, 0.05) is 30.7 Å². The summed E-state index contributed by atoms with van der Waals surface area (Å²) in [6.45, 7) is 2.11. The predicted molar refractivity (Wildman–Crippen MR) is 65.5 cm³/mol. The third-order valence-corrected chi connectivity index (χ3v) is 3.30. The Morgan fingerprint density at radius 1 is 1.00 bits per heavy atom. The molecule has 2 nitrogen and oxygen atoms in total. The first-order chi connectivity index (χ1) is 7.79. The van der Waals surface area contributed by atoms with Crippen molar-refractivity contribution in [2.75, 3.05) is 0 Å². The Morgan fingerprint density at radius 2 is 1.75 bits per heavy atom. The molecule has 0 amide bonds. The lowest BCUT2D eigenvalue weighted by molar-refractivity contribution is 0.727. The maximum absolute atomic E-state index is 6.43. The van der Waals surface area contributed by atoms with E-state index in [1.807, 2.05) is 30.5 Å². The van der Waals surface area contributed by atoms with Crippen molar-refractivity contribution in [3.63, 3.8) is 0 Å². The van der Waals surface area contributed by atoms with E-state index in [0.29, 0.717) is 0 Å². The molecule has 0 spiro atoms. The first-order valence-electron chi connectivity index (χ1n) is 5.23. The molecule has 2 rings (SSSR count). The minimum Gasteiger partial charge on any atom is -0.265 e. The van der Waals surface area contributed by atoms with Crippen LogP contribution in [0.4, 0.5) is 0 Å². The number of halogens is 1. The molecular formula is C13H13ClN2. The molecule has 2 aromatic rings. The van der Waals surface area contributed by atoms with Gasteiger partial charge in [0.15, 0.2) is 0 Å². The lowest BCUT2D eigenvalue weighted by Crippen LogP contribution is -2.02. The van der Waals surface area contributed by atoms with Crippen molar-refractivity contribution >= 4 is 11.6 Å². The van der Waals surface area contributed by atoms with Crippen LogP contribution in [0.5, 0.6) is 0 Å². The number of alkyl halides is 1. The fourth-order valence-corrected chi connectivity index (χ4v) is 1.94. The van der Waals surface area contributed by atoms with Crippen molar-refractivity contribution in [3.8, 4) is 0 Å². The maximum Gasteiger partial charge on any atom is 0.0666 e. The average molecular weight is 233 g/mol. The Balaban J connectivity index is 2.20. The second kappa shape index (κ2) is 5.08. The molecule has 0 N–H and O–H groups in total. The molecule has 2 atom stereocenters. The van der Waals surface area contributed by atoms with E-state index in [0.717, 1.165) is 5.56 Å². The monoisotopic (exact) mass is 232 g/mol. The molecule has 0 saturated carbocycles. The second-order valence-corrected chi connectivity index (χ2v) is 4.23. The van der Waals surface area contributed by atoms with Gasteiger partial charge in [-0.1, -0.05) is 13.0 Å². The lowest BCUT2D eigenvalue weighted by atomic mass is 9.95. The predicted octanol–water partition coefficient (Wildman–Crippen LogP) is 3.56. The zero-order valence-corrected chi connectivity index (χ0v) is 9.80. The number of hydrogen-bond acceptors (Lipinski definition) is 2. The third kappa shape index (κ3) is 2.39. The van der Waals surface area contributed by atoms with Crippen LogP contribution < -0.4 is 0 Å². The molecule has 0 aromatic carbocycles. The molecule has 3 heteroatoms. The first-order valence-corrected chi connectivity index (χ1v) is 5.66. The molecule has 0 aliphatic heterocycles. The van der Waals surface area contributed by atoms with Crippen LogP contribution in [0.15, 0.2) is 49.1 Å². The standard InChI is InChI=1S/C13H13ClN2/c1-10(11-4-7-15-8-5-11)13(14)12-3-2-6-16-9-12/h2-10,13H,1H3. The van der Waals surface area contributed by atoms with E-state index in [9.17, 15) is 0 Å². The summed E-state index contributed by atoms with van der Waals surface area (Å²) in [6.07, 6.45) is 7.15. The number of aromatic nitrogens is 2. The Hall–Kier alpha value is -1.41. The Morgan fingerprint density at radius 3 is 2.38 bits per heavy atom. The molecule has 0 bridgehead atoms. The van der Waals surface area contributed by atoms with Gasteiger partial charge in [-0.15, -0.1) is 11.6 Å². The normalized spacial score (nSPS) is 14.4. The van der Waals surface area contributed by atoms with Gasteiger partial charge < -0.3 is 0 Å². The number of pyridine rings is 2. The molecule has 2 aromatic heterocycles. The molecule has 16 heavy (non-hydrogen) atoms. The first kappa shape index (κ1) is 11.1. The van der Waals surface area contributed by atoms with Gasteiger partial charge in [0.2, 0.25) is 0 Å². The van der Waals surface area contributed by atoms with Crippen LogP contribution in [0, 0.1) is 0 Å². The van der Waals surface area contributed by atoms with E-state index in [4.69, 9.17) is 11.6 Å². The zero-order valence-electron chi connectivity index (χ0n) is 9.05. The highest BCUT2D eigenvalue weighted by molar-refractivity contribution is 6.21. The van der Waals surface area contributed by atoms with Gasteiger partial charge in [0.25, 0.3) is 0 Å². The fourth-order valence-electron chi connectivity index (χ4n) is 1.66. The van der Waals surface area contributed by atoms with Gasteiger partial charge in [-0.3, -0.25) is 9.97 Å². The van der Waals surface area contributed by atoms with Gasteiger partial charge in [-0.2, -0.15) is 0 Å². The summed E-state index contributed by atoms with van der Waals surface area (Å²) in [4.78, 5) is 8.09. The Kier molecular flexibility index (Phi) is 3.52. The van der Waals surface area contributed by atoms with Crippen LogP contribution >= 0.6 is 11.6 Å². The van der Waals surface area contributed by atoms with E-state index in [1.54, 1.807) is 18.6 Å². The smallest absolute Gasteiger partial charge is 0.0666 e. The van der Waals surface area contributed by atoms with Gasteiger partial charge in [0.1, 0.15) is 0 Å². The summed E-state index contributed by atoms with van der Waals surface area (Å²) in [7, 11) is 0. The van der Waals surface area contributed by atoms with Gasteiger partial charge in [0.05, 0.1) is 5.38 Å². The highest BCUT2D eigenvalue weighted by Gasteiger charge is 2.18. The third-order valence-electron chi connectivity index (χ3n) is 2.67. The van der Waals surface area contributed by atoms with Crippen molar-refractivity contribution in [3.05, 3.63) is 60.2 Å². The van der Waals surface area contributed by atoms with E-state index in [2.05, 4.69) is 16.9 Å². The number of nitrogens with zero attached hydrogens (tertiary/aromatic N) is 2. The molecule has 82 valence electrons. The molecule has 0 aliphatic rings. The molecular weight excluding hydrogens is 220 g/mol. The Labute approximate surface area is 100 Å². The van der Waals surface area contributed by atoms with E-state index < -0.39 is 0 Å². The summed E-state index contributed by atoms with van der Waals surface area (Å²) in [5, 5.41) is -0.0592.